The van der Waals surface area contributed by atoms with E-state index in [1.807, 2.05) is 0 Å². The molecule has 7 heteroatoms. The predicted octanol–water partition coefficient (Wildman–Crippen LogP) is 4.11. The topological polar surface area (TPSA) is 72.5 Å². The number of hydrogen-bond acceptors (Lipinski definition) is 4. The molecule has 1 amide bonds. The molecule has 0 saturated heterocycles. The first-order valence-corrected chi connectivity index (χ1v) is 8.22. The van der Waals surface area contributed by atoms with Gasteiger partial charge in [-0.05, 0) is 42.5 Å². The number of Topliss-reactive ketones (excluding diaryl/α,β-unsaturated/α-hetero) is 1. The van der Waals surface area contributed by atoms with Crippen molar-refractivity contribution in [2.45, 2.75) is 13.8 Å². The molecule has 0 atom stereocenters. The number of halogens is 2. The third-order valence-electron chi connectivity index (χ3n) is 3.48. The molecule has 2 aromatic carbocycles. The maximum absolute atomic E-state index is 13.6. The van der Waals surface area contributed by atoms with E-state index >= 15 is 0 Å². The second-order valence-corrected chi connectivity index (χ2v) is 6.28. The molecule has 136 valence electrons. The molecular formula is C19H17ClFNO4. The SMILES string of the molecule is CC(C)C(=O)Nc1ccc(C(=O)COC(=O)c2ccc(Cl)cc2F)cc1. The molecule has 0 spiro atoms. The summed E-state index contributed by atoms with van der Waals surface area (Å²) < 4.78 is 18.5. The highest BCUT2D eigenvalue weighted by Crippen LogP contribution is 2.16. The van der Waals surface area contributed by atoms with Gasteiger partial charge in [0.05, 0.1) is 5.56 Å². The summed E-state index contributed by atoms with van der Waals surface area (Å²) >= 11 is 5.62. The average molecular weight is 378 g/mol. The molecule has 1 N–H and O–H groups in total. The number of rotatable bonds is 6. The summed E-state index contributed by atoms with van der Waals surface area (Å²) in [5.74, 6) is -2.52. The van der Waals surface area contributed by atoms with Crippen molar-refractivity contribution in [3.05, 3.63) is 64.4 Å². The summed E-state index contributed by atoms with van der Waals surface area (Å²) in [4.78, 5) is 35.5. The summed E-state index contributed by atoms with van der Waals surface area (Å²) in [5, 5.41) is 2.85. The Morgan fingerprint density at radius 2 is 1.77 bits per heavy atom. The summed E-state index contributed by atoms with van der Waals surface area (Å²) in [6, 6.07) is 9.71. The Bertz CT molecular complexity index is 834. The first kappa shape index (κ1) is 19.6. The molecule has 0 unspecified atom stereocenters. The van der Waals surface area contributed by atoms with E-state index in [0.717, 1.165) is 6.07 Å². The van der Waals surface area contributed by atoms with Crippen LogP contribution in [0, 0.1) is 11.7 Å². The van der Waals surface area contributed by atoms with Gasteiger partial charge in [0.15, 0.2) is 12.4 Å². The van der Waals surface area contributed by atoms with E-state index in [9.17, 15) is 18.8 Å². The number of carbonyl (C=O) groups excluding carboxylic acids is 3. The molecule has 0 radical (unpaired) electrons. The van der Waals surface area contributed by atoms with Crippen LogP contribution in [0.1, 0.15) is 34.6 Å². The van der Waals surface area contributed by atoms with E-state index in [1.54, 1.807) is 26.0 Å². The minimum atomic E-state index is -0.951. The smallest absolute Gasteiger partial charge is 0.341 e. The Balaban J connectivity index is 1.95. The van der Waals surface area contributed by atoms with Crippen LogP contribution in [-0.2, 0) is 9.53 Å². The van der Waals surface area contributed by atoms with Gasteiger partial charge in [-0.1, -0.05) is 25.4 Å². The predicted molar refractivity (Wildman–Crippen MR) is 95.9 cm³/mol. The van der Waals surface area contributed by atoms with E-state index in [4.69, 9.17) is 16.3 Å². The number of ether oxygens (including phenoxy) is 1. The molecule has 2 aromatic rings. The zero-order chi connectivity index (χ0) is 19.3. The van der Waals surface area contributed by atoms with Crippen LogP contribution < -0.4 is 5.32 Å². The lowest BCUT2D eigenvalue weighted by molar-refractivity contribution is -0.118. The van der Waals surface area contributed by atoms with Gasteiger partial charge in [0.25, 0.3) is 0 Å². The monoisotopic (exact) mass is 377 g/mol. The zero-order valence-electron chi connectivity index (χ0n) is 14.2. The van der Waals surface area contributed by atoms with Crippen molar-refractivity contribution in [3.63, 3.8) is 0 Å². The number of anilines is 1. The molecule has 0 aliphatic carbocycles. The summed E-state index contributed by atoms with van der Waals surface area (Å²) in [7, 11) is 0. The van der Waals surface area contributed by atoms with Gasteiger partial charge in [-0.3, -0.25) is 9.59 Å². The highest BCUT2D eigenvalue weighted by Gasteiger charge is 2.16. The van der Waals surface area contributed by atoms with Gasteiger partial charge < -0.3 is 10.1 Å². The van der Waals surface area contributed by atoms with E-state index in [1.165, 1.54) is 24.3 Å². The van der Waals surface area contributed by atoms with Crippen LogP contribution in [-0.4, -0.2) is 24.3 Å². The lowest BCUT2D eigenvalue weighted by atomic mass is 10.1. The molecule has 26 heavy (non-hydrogen) atoms. The van der Waals surface area contributed by atoms with Crippen molar-refractivity contribution in [2.75, 3.05) is 11.9 Å². The Morgan fingerprint density at radius 1 is 1.12 bits per heavy atom. The van der Waals surface area contributed by atoms with Gasteiger partial charge in [-0.15, -0.1) is 0 Å². The zero-order valence-corrected chi connectivity index (χ0v) is 15.0. The fraction of sp³-hybridized carbons (Fsp3) is 0.211. The van der Waals surface area contributed by atoms with Gasteiger partial charge in [0.1, 0.15) is 5.82 Å². The minimum absolute atomic E-state index is 0.136. The molecule has 0 aliphatic rings. The number of carbonyl (C=O) groups is 3. The van der Waals surface area contributed by atoms with Crippen LogP contribution >= 0.6 is 11.6 Å². The summed E-state index contributed by atoms with van der Waals surface area (Å²) in [5.41, 5.74) is 0.561. The molecule has 0 heterocycles. The fourth-order valence-electron chi connectivity index (χ4n) is 1.97. The normalized spacial score (nSPS) is 10.5. The fourth-order valence-corrected chi connectivity index (χ4v) is 2.13. The van der Waals surface area contributed by atoms with Crippen molar-refractivity contribution in [3.8, 4) is 0 Å². The molecule has 0 saturated carbocycles. The first-order chi connectivity index (χ1) is 12.3. The van der Waals surface area contributed by atoms with Gasteiger partial charge in [-0.2, -0.15) is 0 Å². The molecule has 0 fully saturated rings. The van der Waals surface area contributed by atoms with Crippen LogP contribution in [0.5, 0.6) is 0 Å². The second kappa shape index (κ2) is 8.58. The van der Waals surface area contributed by atoms with Gasteiger partial charge in [-0.25, -0.2) is 9.18 Å². The van der Waals surface area contributed by atoms with Crippen molar-refractivity contribution < 1.29 is 23.5 Å². The second-order valence-electron chi connectivity index (χ2n) is 5.84. The molecule has 0 aliphatic heterocycles. The third kappa shape index (κ3) is 5.13. The first-order valence-electron chi connectivity index (χ1n) is 7.84. The number of nitrogens with one attached hydrogen (secondary N) is 1. The van der Waals surface area contributed by atoms with E-state index in [-0.39, 0.29) is 22.4 Å². The van der Waals surface area contributed by atoms with Crippen LogP contribution in [0.15, 0.2) is 42.5 Å². The van der Waals surface area contributed by atoms with Gasteiger partial charge in [0.2, 0.25) is 5.91 Å². The molecule has 5 nitrogen and oxygen atoms in total. The van der Waals surface area contributed by atoms with Crippen LogP contribution in [0.4, 0.5) is 10.1 Å². The van der Waals surface area contributed by atoms with Crippen molar-refractivity contribution in [1.29, 1.82) is 0 Å². The number of benzene rings is 2. The number of ketones is 1. The Hall–Kier alpha value is -2.73. The van der Waals surface area contributed by atoms with Gasteiger partial charge >= 0.3 is 5.97 Å². The van der Waals surface area contributed by atoms with E-state index in [2.05, 4.69) is 5.32 Å². The number of amides is 1. The lowest BCUT2D eigenvalue weighted by Crippen LogP contribution is -2.18. The van der Waals surface area contributed by atoms with Gasteiger partial charge in [0, 0.05) is 22.2 Å². The molecule has 2 rings (SSSR count). The minimum Gasteiger partial charge on any atom is -0.454 e. The summed E-state index contributed by atoms with van der Waals surface area (Å²) in [6.07, 6.45) is 0. The van der Waals surface area contributed by atoms with Crippen LogP contribution in [0.2, 0.25) is 5.02 Å². The standard InChI is InChI=1S/C19H17ClFNO4/c1-11(2)18(24)22-14-6-3-12(4-7-14)17(23)10-26-19(25)15-8-5-13(20)9-16(15)21/h3-9,11H,10H2,1-2H3,(H,22,24). The number of esters is 1. The highest BCUT2D eigenvalue weighted by atomic mass is 35.5. The summed E-state index contributed by atoms with van der Waals surface area (Å²) in [6.45, 7) is 3.01. The third-order valence-corrected chi connectivity index (χ3v) is 3.72. The van der Waals surface area contributed by atoms with E-state index < -0.39 is 24.2 Å². The van der Waals surface area contributed by atoms with Crippen molar-refractivity contribution >= 4 is 34.9 Å². The Kier molecular flexibility index (Phi) is 6.46. The number of hydrogen-bond donors (Lipinski definition) is 1. The quantitative estimate of drug-likeness (QED) is 0.607. The molecule has 0 bridgehead atoms. The largest absolute Gasteiger partial charge is 0.454 e. The van der Waals surface area contributed by atoms with Crippen LogP contribution in [0.3, 0.4) is 0 Å². The Morgan fingerprint density at radius 3 is 2.35 bits per heavy atom. The highest BCUT2D eigenvalue weighted by molar-refractivity contribution is 6.30. The molecular weight excluding hydrogens is 361 g/mol. The maximum atomic E-state index is 13.6. The Labute approximate surface area is 155 Å². The van der Waals surface area contributed by atoms with Crippen molar-refractivity contribution in [1.82, 2.24) is 0 Å². The lowest BCUT2D eigenvalue weighted by Gasteiger charge is -2.09. The maximum Gasteiger partial charge on any atom is 0.341 e. The van der Waals surface area contributed by atoms with Crippen LogP contribution in [0.25, 0.3) is 0 Å². The van der Waals surface area contributed by atoms with Crippen molar-refractivity contribution in [2.24, 2.45) is 5.92 Å². The van der Waals surface area contributed by atoms with E-state index in [0.29, 0.717) is 11.3 Å². The average Bonchev–Trinajstić information content (AvgIpc) is 2.59. The molecule has 0 aromatic heterocycles.